The van der Waals surface area contributed by atoms with E-state index in [1.54, 1.807) is 19.5 Å². The number of rotatable bonds is 7. The Bertz CT molecular complexity index is 1360. The van der Waals surface area contributed by atoms with Crippen LogP contribution in [0.3, 0.4) is 0 Å². The fraction of sp³-hybridized carbons (Fsp3) is 0.333. The number of aromatic amines is 1. The lowest BCUT2D eigenvalue weighted by Crippen LogP contribution is -2.63. The predicted molar refractivity (Wildman–Crippen MR) is 143 cm³/mol. The average Bonchev–Trinajstić information content (AvgIpc) is 3.38. The van der Waals surface area contributed by atoms with Gasteiger partial charge in [0.25, 0.3) is 0 Å². The van der Waals surface area contributed by atoms with Crippen LogP contribution in [0.25, 0.3) is 22.5 Å². The first kappa shape index (κ1) is 24.2. The summed E-state index contributed by atoms with van der Waals surface area (Å²) in [5, 5.41) is 20.2. The largest absolute Gasteiger partial charge is 0.497 e. The van der Waals surface area contributed by atoms with Gasteiger partial charge in [-0.1, -0.05) is 57.2 Å². The van der Waals surface area contributed by atoms with E-state index in [9.17, 15) is 5.11 Å². The normalized spacial score (nSPS) is 17.0. The second-order valence-corrected chi connectivity index (χ2v) is 10.6. The standard InChI is InChI=1S/C30H34N4O2/c1-20(2)21-9-11-24(12-10-21)30(35,29(3)18-34(4)19-29)25-13-23(16-31-17-25)28-15-27(32-33-28)22-7-6-8-26(14-22)36-5/h6-17,20,35H,18-19H2,1-5H3,(H,32,33)/t30-/m0/s1. The van der Waals surface area contributed by atoms with Crippen molar-refractivity contribution in [2.24, 2.45) is 5.41 Å². The minimum atomic E-state index is -1.19. The number of hydrogen-bond donors (Lipinski definition) is 2. The van der Waals surface area contributed by atoms with Crippen molar-refractivity contribution in [2.75, 3.05) is 27.2 Å². The number of ether oxygens (including phenoxy) is 1. The van der Waals surface area contributed by atoms with E-state index in [1.807, 2.05) is 36.4 Å². The van der Waals surface area contributed by atoms with Crippen LogP contribution in [0.4, 0.5) is 0 Å². The van der Waals surface area contributed by atoms with Crippen molar-refractivity contribution >= 4 is 0 Å². The molecule has 186 valence electrons. The maximum absolute atomic E-state index is 12.5. The van der Waals surface area contributed by atoms with Crippen LogP contribution in [-0.2, 0) is 5.60 Å². The summed E-state index contributed by atoms with van der Waals surface area (Å²) in [6.07, 6.45) is 3.59. The Morgan fingerprint density at radius 1 is 1.00 bits per heavy atom. The maximum atomic E-state index is 12.5. The molecule has 0 radical (unpaired) electrons. The summed E-state index contributed by atoms with van der Waals surface area (Å²) in [6, 6.07) is 20.3. The van der Waals surface area contributed by atoms with E-state index in [4.69, 9.17) is 4.74 Å². The number of methoxy groups -OCH3 is 1. The Morgan fingerprint density at radius 2 is 1.75 bits per heavy atom. The number of aliphatic hydroxyl groups is 1. The summed E-state index contributed by atoms with van der Waals surface area (Å²) < 4.78 is 5.36. The molecule has 0 amide bonds. The van der Waals surface area contributed by atoms with E-state index >= 15 is 0 Å². The first-order chi connectivity index (χ1) is 17.2. The predicted octanol–water partition coefficient (Wildman–Crippen LogP) is 5.46. The van der Waals surface area contributed by atoms with Gasteiger partial charge < -0.3 is 14.7 Å². The highest BCUT2D eigenvalue weighted by molar-refractivity contribution is 5.69. The third kappa shape index (κ3) is 4.10. The zero-order valence-corrected chi connectivity index (χ0v) is 21.6. The first-order valence-electron chi connectivity index (χ1n) is 12.4. The molecule has 1 saturated heterocycles. The molecular formula is C30H34N4O2. The summed E-state index contributed by atoms with van der Waals surface area (Å²) in [5.74, 6) is 1.22. The SMILES string of the molecule is COc1cccc(-c2cc(-c3cncc([C@@](O)(c4ccc(C(C)C)cc4)C4(C)CN(C)C4)c3)n[nH]2)c1. The number of nitrogens with zero attached hydrogens (tertiary/aromatic N) is 3. The highest BCUT2D eigenvalue weighted by Gasteiger charge is 2.55. The van der Waals surface area contributed by atoms with Crippen LogP contribution < -0.4 is 4.74 Å². The molecule has 0 unspecified atom stereocenters. The monoisotopic (exact) mass is 482 g/mol. The van der Waals surface area contributed by atoms with Gasteiger partial charge in [0.2, 0.25) is 0 Å². The fourth-order valence-electron chi connectivity index (χ4n) is 5.53. The van der Waals surface area contributed by atoms with Gasteiger partial charge in [-0.05, 0) is 48.4 Å². The van der Waals surface area contributed by atoms with Gasteiger partial charge in [-0.25, -0.2) is 0 Å². The van der Waals surface area contributed by atoms with E-state index < -0.39 is 5.60 Å². The Kier molecular flexibility index (Phi) is 6.18. The quantitative estimate of drug-likeness (QED) is 0.366. The Labute approximate surface area is 213 Å². The second-order valence-electron chi connectivity index (χ2n) is 10.6. The van der Waals surface area contributed by atoms with E-state index in [0.717, 1.165) is 52.5 Å². The van der Waals surface area contributed by atoms with Crippen molar-refractivity contribution in [1.29, 1.82) is 0 Å². The van der Waals surface area contributed by atoms with Crippen LogP contribution in [0, 0.1) is 5.41 Å². The number of hydrogen-bond acceptors (Lipinski definition) is 5. The van der Waals surface area contributed by atoms with Crippen LogP contribution in [0.5, 0.6) is 5.75 Å². The summed E-state index contributed by atoms with van der Waals surface area (Å²) in [4.78, 5) is 6.79. The first-order valence-corrected chi connectivity index (χ1v) is 12.4. The molecule has 2 aromatic carbocycles. The smallest absolute Gasteiger partial charge is 0.124 e. The molecule has 4 aromatic rings. The number of H-pyrrole nitrogens is 1. The zero-order chi connectivity index (χ0) is 25.5. The van der Waals surface area contributed by atoms with Crippen LogP contribution in [0.15, 0.2) is 73.1 Å². The molecule has 0 saturated carbocycles. The molecular weight excluding hydrogens is 448 g/mol. The molecule has 36 heavy (non-hydrogen) atoms. The maximum Gasteiger partial charge on any atom is 0.124 e. The number of aromatic nitrogens is 3. The van der Waals surface area contributed by atoms with Gasteiger partial charge in [0.1, 0.15) is 11.4 Å². The zero-order valence-electron chi connectivity index (χ0n) is 21.6. The third-order valence-electron chi connectivity index (χ3n) is 7.52. The molecule has 1 atom stereocenters. The lowest BCUT2D eigenvalue weighted by Gasteiger charge is -2.55. The minimum absolute atomic E-state index is 0.348. The fourth-order valence-corrected chi connectivity index (χ4v) is 5.53. The molecule has 1 fully saturated rings. The number of likely N-dealkylation sites (tertiary alicyclic amines) is 1. The average molecular weight is 483 g/mol. The second kappa shape index (κ2) is 9.19. The minimum Gasteiger partial charge on any atom is -0.497 e. The van der Waals surface area contributed by atoms with Gasteiger partial charge in [0.15, 0.2) is 0 Å². The van der Waals surface area contributed by atoms with Gasteiger partial charge in [0.05, 0.1) is 18.5 Å². The Morgan fingerprint density at radius 3 is 2.42 bits per heavy atom. The Balaban J connectivity index is 1.55. The summed E-state index contributed by atoms with van der Waals surface area (Å²) in [6.45, 7) is 8.11. The molecule has 0 aliphatic carbocycles. The highest BCUT2D eigenvalue weighted by atomic mass is 16.5. The number of nitrogens with one attached hydrogen (secondary N) is 1. The van der Waals surface area contributed by atoms with Crippen LogP contribution >= 0.6 is 0 Å². The van der Waals surface area contributed by atoms with Crippen molar-refractivity contribution in [3.05, 3.63) is 89.7 Å². The molecule has 0 bridgehead atoms. The molecule has 6 nitrogen and oxygen atoms in total. The molecule has 2 aromatic heterocycles. The molecule has 5 rings (SSSR count). The van der Waals surface area contributed by atoms with Gasteiger partial charge in [0, 0.05) is 47.6 Å². The summed E-state index contributed by atoms with van der Waals surface area (Å²) >= 11 is 0. The van der Waals surface area contributed by atoms with Crippen molar-refractivity contribution in [3.63, 3.8) is 0 Å². The van der Waals surface area contributed by atoms with E-state index in [-0.39, 0.29) is 5.41 Å². The topological polar surface area (TPSA) is 74.3 Å². The van der Waals surface area contributed by atoms with Crippen molar-refractivity contribution in [3.8, 4) is 28.3 Å². The molecule has 1 aliphatic rings. The Hall–Kier alpha value is -3.48. The van der Waals surface area contributed by atoms with Gasteiger partial charge in [-0.2, -0.15) is 5.10 Å². The van der Waals surface area contributed by atoms with E-state index in [2.05, 4.69) is 72.2 Å². The highest BCUT2D eigenvalue weighted by Crippen LogP contribution is 2.50. The van der Waals surface area contributed by atoms with Crippen molar-refractivity contribution in [1.82, 2.24) is 20.1 Å². The third-order valence-corrected chi connectivity index (χ3v) is 7.52. The molecule has 1 aliphatic heterocycles. The van der Waals surface area contributed by atoms with Crippen LogP contribution in [0.2, 0.25) is 0 Å². The van der Waals surface area contributed by atoms with E-state index in [0.29, 0.717) is 5.92 Å². The van der Waals surface area contributed by atoms with Crippen LogP contribution in [0.1, 0.15) is 43.4 Å². The summed E-state index contributed by atoms with van der Waals surface area (Å²) in [5.41, 5.74) is 4.89. The van der Waals surface area contributed by atoms with Crippen molar-refractivity contribution in [2.45, 2.75) is 32.3 Å². The molecule has 2 N–H and O–H groups in total. The van der Waals surface area contributed by atoms with Crippen LogP contribution in [-0.4, -0.2) is 52.4 Å². The number of pyridine rings is 1. The van der Waals surface area contributed by atoms with Crippen molar-refractivity contribution < 1.29 is 9.84 Å². The molecule has 3 heterocycles. The lowest BCUT2D eigenvalue weighted by atomic mass is 9.62. The molecule has 6 heteroatoms. The lowest BCUT2D eigenvalue weighted by molar-refractivity contribution is -0.127. The number of benzene rings is 2. The summed E-state index contributed by atoms with van der Waals surface area (Å²) in [7, 11) is 3.75. The van der Waals surface area contributed by atoms with Gasteiger partial charge in [-0.3, -0.25) is 10.1 Å². The van der Waals surface area contributed by atoms with E-state index in [1.165, 1.54) is 5.56 Å². The van der Waals surface area contributed by atoms with Gasteiger partial charge in [-0.15, -0.1) is 0 Å². The molecule has 0 spiro atoms. The van der Waals surface area contributed by atoms with Gasteiger partial charge >= 0.3 is 0 Å².